The molecule has 1 heterocycles. The summed E-state index contributed by atoms with van der Waals surface area (Å²) >= 11 is 0. The van der Waals surface area contributed by atoms with Crippen molar-refractivity contribution in [3.8, 4) is 0 Å². The number of likely N-dealkylation sites (tertiary alicyclic amines) is 1. The van der Waals surface area contributed by atoms with Crippen LogP contribution in [0.2, 0.25) is 0 Å². The summed E-state index contributed by atoms with van der Waals surface area (Å²) in [6.07, 6.45) is 5.30. The SMILES string of the molecule is CC(C)(C)c1ccc(C2CC(N)CN(C3CCC3)C2)cc1. The van der Waals surface area contributed by atoms with Crippen LogP contribution in [0.25, 0.3) is 0 Å². The van der Waals surface area contributed by atoms with Crippen LogP contribution in [0.1, 0.15) is 63.5 Å². The van der Waals surface area contributed by atoms with Gasteiger partial charge in [-0.05, 0) is 41.7 Å². The highest BCUT2D eigenvalue weighted by molar-refractivity contribution is 5.30. The number of piperidine rings is 1. The Morgan fingerprint density at radius 2 is 1.71 bits per heavy atom. The number of hydrogen-bond acceptors (Lipinski definition) is 2. The first kappa shape index (κ1) is 15.1. The predicted octanol–water partition coefficient (Wildman–Crippen LogP) is 3.65. The van der Waals surface area contributed by atoms with Crippen LogP contribution in [0.5, 0.6) is 0 Å². The molecule has 1 saturated carbocycles. The van der Waals surface area contributed by atoms with Crippen LogP contribution in [0.3, 0.4) is 0 Å². The van der Waals surface area contributed by atoms with E-state index >= 15 is 0 Å². The van der Waals surface area contributed by atoms with E-state index in [4.69, 9.17) is 5.73 Å². The monoisotopic (exact) mass is 286 g/mol. The summed E-state index contributed by atoms with van der Waals surface area (Å²) in [4.78, 5) is 2.65. The molecule has 1 aliphatic carbocycles. The van der Waals surface area contributed by atoms with Gasteiger partial charge in [0.05, 0.1) is 0 Å². The number of benzene rings is 1. The lowest BCUT2D eigenvalue weighted by Crippen LogP contribution is -2.52. The van der Waals surface area contributed by atoms with Crippen molar-refractivity contribution in [1.82, 2.24) is 4.90 Å². The first-order valence-electron chi connectivity index (χ1n) is 8.53. The topological polar surface area (TPSA) is 29.3 Å². The lowest BCUT2D eigenvalue weighted by atomic mass is 9.82. The van der Waals surface area contributed by atoms with Gasteiger partial charge in [0, 0.05) is 25.2 Å². The number of nitrogens with two attached hydrogens (primary N) is 1. The predicted molar refractivity (Wildman–Crippen MR) is 89.7 cm³/mol. The van der Waals surface area contributed by atoms with Crippen LogP contribution in [0.15, 0.2) is 24.3 Å². The number of nitrogens with zero attached hydrogens (tertiary/aromatic N) is 1. The molecule has 0 aromatic heterocycles. The minimum atomic E-state index is 0.236. The molecule has 3 rings (SSSR count). The third-order valence-corrected chi connectivity index (χ3v) is 5.35. The van der Waals surface area contributed by atoms with Crippen LogP contribution in [-0.4, -0.2) is 30.1 Å². The van der Waals surface area contributed by atoms with E-state index in [9.17, 15) is 0 Å². The zero-order chi connectivity index (χ0) is 15.0. The van der Waals surface area contributed by atoms with Gasteiger partial charge in [-0.1, -0.05) is 51.5 Å². The molecule has 1 aliphatic heterocycles. The van der Waals surface area contributed by atoms with Gasteiger partial charge in [-0.2, -0.15) is 0 Å². The quantitative estimate of drug-likeness (QED) is 0.899. The lowest BCUT2D eigenvalue weighted by Gasteiger charge is -2.44. The van der Waals surface area contributed by atoms with E-state index in [1.54, 1.807) is 0 Å². The van der Waals surface area contributed by atoms with Gasteiger partial charge < -0.3 is 5.73 Å². The Bertz CT molecular complexity index is 467. The molecule has 2 N–H and O–H groups in total. The Morgan fingerprint density at radius 1 is 1.05 bits per heavy atom. The standard InChI is InChI=1S/C19H30N2/c1-19(2,3)16-9-7-14(8-10-16)15-11-17(20)13-21(12-15)18-5-4-6-18/h7-10,15,17-18H,4-6,11-13,20H2,1-3H3. The van der Waals surface area contributed by atoms with Crippen molar-refractivity contribution in [2.75, 3.05) is 13.1 Å². The number of rotatable bonds is 2. The molecule has 2 heteroatoms. The zero-order valence-electron chi connectivity index (χ0n) is 13.8. The Hall–Kier alpha value is -0.860. The van der Waals surface area contributed by atoms with E-state index in [1.807, 2.05) is 0 Å². The zero-order valence-corrected chi connectivity index (χ0v) is 13.8. The van der Waals surface area contributed by atoms with E-state index in [1.165, 1.54) is 36.9 Å². The number of hydrogen-bond donors (Lipinski definition) is 1. The smallest absolute Gasteiger partial charge is 0.0174 e. The summed E-state index contributed by atoms with van der Waals surface area (Å²) in [5.41, 5.74) is 9.46. The third-order valence-electron chi connectivity index (χ3n) is 5.35. The van der Waals surface area contributed by atoms with Gasteiger partial charge in [0.1, 0.15) is 0 Å². The van der Waals surface area contributed by atoms with Crippen molar-refractivity contribution < 1.29 is 0 Å². The summed E-state index contributed by atoms with van der Waals surface area (Å²) in [6, 6.07) is 10.4. The van der Waals surface area contributed by atoms with Crippen LogP contribution in [0.4, 0.5) is 0 Å². The highest BCUT2D eigenvalue weighted by atomic mass is 15.2. The maximum absolute atomic E-state index is 6.33. The fourth-order valence-corrected chi connectivity index (χ4v) is 3.72. The van der Waals surface area contributed by atoms with Crippen LogP contribution in [0, 0.1) is 0 Å². The first-order valence-corrected chi connectivity index (χ1v) is 8.53. The molecule has 2 fully saturated rings. The van der Waals surface area contributed by atoms with Gasteiger partial charge in [0.15, 0.2) is 0 Å². The van der Waals surface area contributed by atoms with Crippen LogP contribution in [-0.2, 0) is 5.41 Å². The highest BCUT2D eigenvalue weighted by Crippen LogP contribution is 2.33. The summed E-state index contributed by atoms with van der Waals surface area (Å²) in [5, 5.41) is 0. The van der Waals surface area contributed by atoms with Crippen molar-refractivity contribution in [1.29, 1.82) is 0 Å². The molecular weight excluding hydrogens is 256 g/mol. The molecule has 0 bridgehead atoms. The summed E-state index contributed by atoms with van der Waals surface area (Å²) in [6.45, 7) is 9.12. The minimum absolute atomic E-state index is 0.236. The summed E-state index contributed by atoms with van der Waals surface area (Å²) in [7, 11) is 0. The molecule has 116 valence electrons. The Morgan fingerprint density at radius 3 is 2.24 bits per heavy atom. The molecule has 1 aromatic rings. The average molecular weight is 286 g/mol. The normalized spacial score (nSPS) is 28.4. The second-order valence-corrected chi connectivity index (χ2v) is 8.10. The second-order valence-electron chi connectivity index (χ2n) is 8.10. The lowest BCUT2D eigenvalue weighted by molar-refractivity contribution is 0.0848. The Labute approximate surface area is 129 Å². The van der Waals surface area contributed by atoms with Crippen molar-refractivity contribution >= 4 is 0 Å². The maximum atomic E-state index is 6.33. The van der Waals surface area contributed by atoms with Gasteiger partial charge in [-0.3, -0.25) is 4.90 Å². The van der Waals surface area contributed by atoms with Crippen LogP contribution < -0.4 is 5.73 Å². The van der Waals surface area contributed by atoms with Gasteiger partial charge in [-0.25, -0.2) is 0 Å². The fraction of sp³-hybridized carbons (Fsp3) is 0.684. The largest absolute Gasteiger partial charge is 0.327 e. The highest BCUT2D eigenvalue weighted by Gasteiger charge is 2.33. The molecule has 0 radical (unpaired) electrons. The molecule has 1 saturated heterocycles. The van der Waals surface area contributed by atoms with Gasteiger partial charge in [0.2, 0.25) is 0 Å². The molecule has 0 spiro atoms. The molecule has 2 unspecified atom stereocenters. The molecule has 2 nitrogen and oxygen atoms in total. The van der Waals surface area contributed by atoms with E-state index in [2.05, 4.69) is 49.9 Å². The van der Waals surface area contributed by atoms with Crippen molar-refractivity contribution in [2.24, 2.45) is 5.73 Å². The van der Waals surface area contributed by atoms with Crippen molar-refractivity contribution in [3.05, 3.63) is 35.4 Å². The van der Waals surface area contributed by atoms with E-state index in [0.29, 0.717) is 12.0 Å². The molecule has 21 heavy (non-hydrogen) atoms. The molecular formula is C19H30N2. The summed E-state index contributed by atoms with van der Waals surface area (Å²) < 4.78 is 0. The van der Waals surface area contributed by atoms with E-state index in [0.717, 1.165) is 19.0 Å². The van der Waals surface area contributed by atoms with Crippen molar-refractivity contribution in [3.63, 3.8) is 0 Å². The average Bonchev–Trinajstić information content (AvgIpc) is 2.35. The first-order chi connectivity index (χ1) is 9.93. The van der Waals surface area contributed by atoms with E-state index < -0.39 is 0 Å². The Balaban J connectivity index is 1.72. The van der Waals surface area contributed by atoms with Gasteiger partial charge in [0.25, 0.3) is 0 Å². The second kappa shape index (κ2) is 5.73. The van der Waals surface area contributed by atoms with Crippen LogP contribution >= 0.6 is 0 Å². The van der Waals surface area contributed by atoms with Gasteiger partial charge >= 0.3 is 0 Å². The minimum Gasteiger partial charge on any atom is -0.327 e. The van der Waals surface area contributed by atoms with Gasteiger partial charge in [-0.15, -0.1) is 0 Å². The molecule has 0 amide bonds. The summed E-state index contributed by atoms with van der Waals surface area (Å²) in [5.74, 6) is 0.614. The molecule has 2 aliphatic rings. The molecule has 2 atom stereocenters. The van der Waals surface area contributed by atoms with E-state index in [-0.39, 0.29) is 5.41 Å². The van der Waals surface area contributed by atoms with Crippen molar-refractivity contribution in [2.45, 2.75) is 69.9 Å². The maximum Gasteiger partial charge on any atom is 0.0174 e. The molecule has 1 aromatic carbocycles. The fourth-order valence-electron chi connectivity index (χ4n) is 3.72. The third kappa shape index (κ3) is 3.32. The Kier molecular flexibility index (Phi) is 4.11.